The molecule has 1 aliphatic carbocycles. The number of hydrogen-bond acceptors (Lipinski definition) is 9. The number of imide groups is 1. The van der Waals surface area contributed by atoms with Crippen LogP contribution >= 0.6 is 12.2 Å². The van der Waals surface area contributed by atoms with Crippen molar-refractivity contribution in [1.82, 2.24) is 15.1 Å². The maximum Gasteiger partial charge on any atom is 0.417 e. The summed E-state index contributed by atoms with van der Waals surface area (Å²) in [6.45, 7) is 9.27. The van der Waals surface area contributed by atoms with Crippen LogP contribution in [0.3, 0.4) is 0 Å². The van der Waals surface area contributed by atoms with E-state index in [0.717, 1.165) is 71.9 Å². The molecule has 59 heavy (non-hydrogen) atoms. The smallest absolute Gasteiger partial charge is 0.417 e. The summed E-state index contributed by atoms with van der Waals surface area (Å²) in [4.78, 5) is 58.0. The number of carbonyl (C=O) groups excluding carboxylic acids is 4. The third-order valence-electron chi connectivity index (χ3n) is 11.7. The maximum absolute atomic E-state index is 13.8. The van der Waals surface area contributed by atoms with Gasteiger partial charge in [0.25, 0.3) is 5.91 Å². The summed E-state index contributed by atoms with van der Waals surface area (Å²) in [6.07, 6.45) is -1.11. The number of ketones is 1. The number of piperazine rings is 1. The zero-order valence-corrected chi connectivity index (χ0v) is 34.1. The first-order chi connectivity index (χ1) is 28.0. The quantitative estimate of drug-likeness (QED) is 0.158. The average Bonchev–Trinajstić information content (AvgIpc) is 4.01. The summed E-state index contributed by atoms with van der Waals surface area (Å²) in [5.41, 5.74) is 0.578. The Labute approximate surface area is 347 Å². The lowest BCUT2D eigenvalue weighted by molar-refractivity contribution is -0.138. The van der Waals surface area contributed by atoms with Gasteiger partial charge in [0.2, 0.25) is 11.8 Å². The van der Waals surface area contributed by atoms with Crippen molar-refractivity contribution in [2.45, 2.75) is 83.0 Å². The molecule has 4 aliphatic rings. The average molecular weight is 829 g/mol. The van der Waals surface area contributed by atoms with E-state index < -0.39 is 28.7 Å². The highest BCUT2D eigenvalue weighted by molar-refractivity contribution is 7.81. The third kappa shape index (κ3) is 9.20. The number of rotatable bonds is 13. The number of Topliss-reactive ketones (excluding diaryl/α,β-unsaturated/α-hetero) is 1. The number of nitriles is 1. The van der Waals surface area contributed by atoms with E-state index in [4.69, 9.17) is 17.0 Å². The normalized spacial score (nSPS) is 21.4. The highest BCUT2D eigenvalue weighted by Crippen LogP contribution is 2.47. The molecule has 1 unspecified atom stereocenters. The van der Waals surface area contributed by atoms with Gasteiger partial charge in [-0.15, -0.1) is 0 Å². The van der Waals surface area contributed by atoms with E-state index in [1.54, 1.807) is 24.8 Å². The fourth-order valence-electron chi connectivity index (χ4n) is 8.37. The first-order valence-electron chi connectivity index (χ1n) is 20.0. The highest BCUT2D eigenvalue weighted by Gasteiger charge is 2.51. The van der Waals surface area contributed by atoms with Crippen molar-refractivity contribution in [3.63, 3.8) is 0 Å². The molecule has 7 rings (SSSR count). The second-order valence-corrected chi connectivity index (χ2v) is 16.9. The van der Waals surface area contributed by atoms with Crippen molar-refractivity contribution < 1.29 is 37.1 Å². The van der Waals surface area contributed by atoms with Crippen molar-refractivity contribution >= 4 is 52.2 Å². The number of amides is 3. The van der Waals surface area contributed by atoms with E-state index >= 15 is 0 Å². The molecule has 0 radical (unpaired) electrons. The van der Waals surface area contributed by atoms with Gasteiger partial charge in [0, 0.05) is 56.7 Å². The maximum atomic E-state index is 13.8. The molecule has 3 heterocycles. The number of anilines is 2. The van der Waals surface area contributed by atoms with Crippen LogP contribution in [0, 0.1) is 17.2 Å². The molecule has 3 aliphatic heterocycles. The topological polar surface area (TPSA) is 126 Å². The lowest BCUT2D eigenvalue weighted by Gasteiger charge is -2.39. The molecule has 1 saturated carbocycles. The van der Waals surface area contributed by atoms with Crippen molar-refractivity contribution in [2.24, 2.45) is 5.92 Å². The van der Waals surface area contributed by atoms with Crippen LogP contribution in [0.15, 0.2) is 60.7 Å². The zero-order chi connectivity index (χ0) is 42.2. The number of nitrogens with one attached hydrogen (secondary N) is 1. The number of halogens is 3. The predicted molar refractivity (Wildman–Crippen MR) is 219 cm³/mol. The van der Waals surface area contributed by atoms with Crippen molar-refractivity contribution in [3.05, 3.63) is 88.5 Å². The van der Waals surface area contributed by atoms with E-state index in [0.29, 0.717) is 51.1 Å². The number of ether oxygens (including phenoxy) is 1. The van der Waals surface area contributed by atoms with Crippen LogP contribution in [0.4, 0.5) is 24.5 Å². The standard InChI is InChI=1S/C44H47F3N6O5S/c1-27-25-50(15-16-51(27)26-35(54)21-29-6-4-5-28(19-29)20-31-10-14-39(55)49-40(31)56)17-18-58-38-13-12-34(22-36(38)30-7-8-30)53-42(59)52(41(57)43(53,2)3)33-11-9-32(24-48)37(23-33)44(45,46)47/h4-6,9,11-13,19,22-23,27,30-31H,7-8,10,14-18,20-21,25-26H2,1-3H3,(H,49,55,56)/t27-,31?/m1/s1. The summed E-state index contributed by atoms with van der Waals surface area (Å²) in [5, 5.41) is 11.7. The first kappa shape index (κ1) is 42.0. The number of hydrogen-bond donors (Lipinski definition) is 1. The molecule has 3 aromatic carbocycles. The Morgan fingerprint density at radius 2 is 1.75 bits per heavy atom. The van der Waals surface area contributed by atoms with Gasteiger partial charge < -0.3 is 9.64 Å². The number of benzene rings is 3. The van der Waals surface area contributed by atoms with Gasteiger partial charge in [0.05, 0.1) is 29.4 Å². The second kappa shape index (κ2) is 16.8. The minimum Gasteiger partial charge on any atom is -0.492 e. The van der Waals surface area contributed by atoms with Gasteiger partial charge in [-0.05, 0) is 118 Å². The minimum absolute atomic E-state index is 0.0412. The van der Waals surface area contributed by atoms with E-state index in [-0.39, 0.29) is 46.3 Å². The molecular formula is C44H47F3N6O5S. The Hall–Kier alpha value is -5.17. The fraction of sp³-hybridized carbons (Fsp3) is 0.455. The zero-order valence-electron chi connectivity index (χ0n) is 33.3. The molecule has 3 amide bonds. The van der Waals surface area contributed by atoms with E-state index in [1.807, 2.05) is 42.5 Å². The molecular weight excluding hydrogens is 782 g/mol. The van der Waals surface area contributed by atoms with Crippen molar-refractivity contribution in [1.29, 1.82) is 5.26 Å². The molecule has 3 aromatic rings. The van der Waals surface area contributed by atoms with Gasteiger partial charge in [-0.1, -0.05) is 24.3 Å². The monoisotopic (exact) mass is 828 g/mol. The molecule has 0 aromatic heterocycles. The van der Waals surface area contributed by atoms with Crippen LogP contribution in [-0.4, -0.2) is 89.3 Å². The summed E-state index contributed by atoms with van der Waals surface area (Å²) < 4.78 is 47.8. The molecule has 3 saturated heterocycles. The number of alkyl halides is 3. The lowest BCUT2D eigenvalue weighted by atomic mass is 9.90. The molecule has 310 valence electrons. The summed E-state index contributed by atoms with van der Waals surface area (Å²) in [5.74, 6) is -0.0557. The van der Waals surface area contributed by atoms with E-state index in [2.05, 4.69) is 22.0 Å². The lowest BCUT2D eigenvalue weighted by Crippen LogP contribution is -2.53. The molecule has 0 bridgehead atoms. The first-order valence-corrected chi connectivity index (χ1v) is 20.4. The largest absolute Gasteiger partial charge is 0.492 e. The Balaban J connectivity index is 0.930. The molecule has 0 spiro atoms. The second-order valence-electron chi connectivity index (χ2n) is 16.5. The van der Waals surface area contributed by atoms with Crippen LogP contribution in [0.25, 0.3) is 0 Å². The Morgan fingerprint density at radius 3 is 2.44 bits per heavy atom. The molecule has 15 heteroatoms. The number of piperidine rings is 1. The number of nitrogens with zero attached hydrogens (tertiary/aromatic N) is 5. The summed E-state index contributed by atoms with van der Waals surface area (Å²) >= 11 is 5.76. The predicted octanol–water partition coefficient (Wildman–Crippen LogP) is 6.16. The molecule has 11 nitrogen and oxygen atoms in total. The number of thiocarbonyl (C=S) groups is 1. The van der Waals surface area contributed by atoms with Crippen LogP contribution < -0.4 is 19.9 Å². The Morgan fingerprint density at radius 1 is 1.00 bits per heavy atom. The molecule has 4 fully saturated rings. The van der Waals surface area contributed by atoms with Crippen LogP contribution in [0.5, 0.6) is 5.75 Å². The van der Waals surface area contributed by atoms with Gasteiger partial charge >= 0.3 is 6.18 Å². The van der Waals surface area contributed by atoms with E-state index in [1.165, 1.54) is 6.07 Å². The van der Waals surface area contributed by atoms with Crippen LogP contribution in [0.1, 0.15) is 80.2 Å². The van der Waals surface area contributed by atoms with Gasteiger partial charge in [-0.3, -0.25) is 39.2 Å². The van der Waals surface area contributed by atoms with Crippen molar-refractivity contribution in [3.8, 4) is 11.8 Å². The SMILES string of the molecule is C[C@@H]1CN(CCOc2ccc(N3C(=S)N(c4ccc(C#N)c(C(F)(F)F)c4)C(=O)C3(C)C)cc2C2CC2)CCN1CC(=O)Cc1cccc(CC2CCC(=O)NC2=O)c1. The minimum atomic E-state index is -4.79. The van der Waals surface area contributed by atoms with Crippen LogP contribution in [-0.2, 0) is 38.2 Å². The Kier molecular flexibility index (Phi) is 12.0. The Bertz CT molecular complexity index is 2220. The molecule has 2 atom stereocenters. The van der Waals surface area contributed by atoms with Gasteiger partial charge in [-0.2, -0.15) is 18.4 Å². The third-order valence-corrected chi connectivity index (χ3v) is 12.1. The summed E-state index contributed by atoms with van der Waals surface area (Å²) in [6, 6.07) is 18.3. The van der Waals surface area contributed by atoms with Gasteiger partial charge in [-0.25, -0.2) is 0 Å². The highest BCUT2D eigenvalue weighted by atomic mass is 32.1. The van der Waals surface area contributed by atoms with Gasteiger partial charge in [0.15, 0.2) is 10.9 Å². The van der Waals surface area contributed by atoms with E-state index in [9.17, 15) is 37.6 Å². The van der Waals surface area contributed by atoms with Crippen molar-refractivity contribution in [2.75, 3.05) is 49.1 Å². The summed E-state index contributed by atoms with van der Waals surface area (Å²) in [7, 11) is 0. The van der Waals surface area contributed by atoms with Gasteiger partial charge in [0.1, 0.15) is 17.9 Å². The number of carbonyl (C=O) groups is 4. The van der Waals surface area contributed by atoms with Crippen LogP contribution in [0.2, 0.25) is 0 Å². The molecule has 1 N–H and O–H groups in total. The fourth-order valence-corrected chi connectivity index (χ4v) is 8.89.